The number of piperidine rings is 1. The van der Waals surface area contributed by atoms with Crippen molar-refractivity contribution < 1.29 is 4.79 Å². The third-order valence-electron chi connectivity index (χ3n) is 3.91. The first-order chi connectivity index (χ1) is 8.47. The maximum Gasteiger partial charge on any atom is 0.253 e. The number of carbonyl (C=O) groups excluding carboxylic acids is 1. The number of amides is 1. The van der Waals surface area contributed by atoms with Gasteiger partial charge in [-0.2, -0.15) is 0 Å². The third-order valence-corrected chi connectivity index (χ3v) is 4.37. The third kappa shape index (κ3) is 2.94. The first kappa shape index (κ1) is 13.6. The molecule has 0 aliphatic carbocycles. The van der Waals surface area contributed by atoms with Crippen molar-refractivity contribution >= 4 is 21.8 Å². The van der Waals surface area contributed by atoms with Gasteiger partial charge in [0.2, 0.25) is 0 Å². The molecule has 1 fully saturated rings. The van der Waals surface area contributed by atoms with E-state index in [2.05, 4.69) is 29.8 Å². The minimum atomic E-state index is 0.165. The zero-order valence-electron chi connectivity index (χ0n) is 11.2. The summed E-state index contributed by atoms with van der Waals surface area (Å²) in [5.74, 6) is 1.48. The SMILES string of the molecule is Cc1cc(Br)cc(C(=O)N2CCC(C)C(C)C2)c1. The van der Waals surface area contributed by atoms with Gasteiger partial charge in [0.15, 0.2) is 0 Å². The Morgan fingerprint density at radius 1 is 1.28 bits per heavy atom. The van der Waals surface area contributed by atoms with Crippen LogP contribution in [0.15, 0.2) is 22.7 Å². The molecular formula is C15H20BrNO. The van der Waals surface area contributed by atoms with E-state index in [0.717, 1.165) is 41.0 Å². The highest BCUT2D eigenvalue weighted by atomic mass is 79.9. The average molecular weight is 310 g/mol. The fourth-order valence-corrected chi connectivity index (χ4v) is 3.10. The van der Waals surface area contributed by atoms with E-state index in [1.807, 2.05) is 30.0 Å². The minimum Gasteiger partial charge on any atom is -0.338 e. The minimum absolute atomic E-state index is 0.165. The number of hydrogen-bond acceptors (Lipinski definition) is 1. The number of carbonyl (C=O) groups is 1. The van der Waals surface area contributed by atoms with E-state index in [0.29, 0.717) is 5.92 Å². The number of benzene rings is 1. The van der Waals surface area contributed by atoms with Crippen molar-refractivity contribution in [3.05, 3.63) is 33.8 Å². The summed E-state index contributed by atoms with van der Waals surface area (Å²) < 4.78 is 0.976. The van der Waals surface area contributed by atoms with Crippen LogP contribution in [0, 0.1) is 18.8 Å². The Morgan fingerprint density at radius 3 is 2.61 bits per heavy atom. The molecule has 18 heavy (non-hydrogen) atoms. The summed E-state index contributed by atoms with van der Waals surface area (Å²) in [4.78, 5) is 14.5. The van der Waals surface area contributed by atoms with Crippen LogP contribution in [0.25, 0.3) is 0 Å². The number of hydrogen-bond donors (Lipinski definition) is 0. The van der Waals surface area contributed by atoms with E-state index in [-0.39, 0.29) is 5.91 Å². The van der Waals surface area contributed by atoms with Crippen molar-refractivity contribution in [1.82, 2.24) is 4.90 Å². The topological polar surface area (TPSA) is 20.3 Å². The number of likely N-dealkylation sites (tertiary alicyclic amines) is 1. The van der Waals surface area contributed by atoms with Crippen molar-refractivity contribution in [2.45, 2.75) is 27.2 Å². The fourth-order valence-electron chi connectivity index (χ4n) is 2.49. The van der Waals surface area contributed by atoms with Gasteiger partial charge in [-0.25, -0.2) is 0 Å². The van der Waals surface area contributed by atoms with Crippen LogP contribution in [0.4, 0.5) is 0 Å². The molecule has 0 saturated carbocycles. The normalized spacial score (nSPS) is 24.1. The largest absolute Gasteiger partial charge is 0.338 e. The number of aryl methyl sites for hydroxylation is 1. The van der Waals surface area contributed by atoms with E-state index >= 15 is 0 Å². The van der Waals surface area contributed by atoms with Gasteiger partial charge >= 0.3 is 0 Å². The summed E-state index contributed by atoms with van der Waals surface area (Å²) in [5, 5.41) is 0. The van der Waals surface area contributed by atoms with Crippen LogP contribution >= 0.6 is 15.9 Å². The van der Waals surface area contributed by atoms with Gasteiger partial charge in [-0.15, -0.1) is 0 Å². The molecule has 0 radical (unpaired) electrons. The summed E-state index contributed by atoms with van der Waals surface area (Å²) >= 11 is 3.46. The fraction of sp³-hybridized carbons (Fsp3) is 0.533. The molecule has 1 aliphatic rings. The predicted molar refractivity (Wildman–Crippen MR) is 77.7 cm³/mol. The number of nitrogens with zero attached hydrogens (tertiary/aromatic N) is 1. The second kappa shape index (κ2) is 5.43. The molecule has 0 spiro atoms. The van der Waals surface area contributed by atoms with E-state index in [4.69, 9.17) is 0 Å². The zero-order chi connectivity index (χ0) is 13.3. The van der Waals surface area contributed by atoms with Gasteiger partial charge in [-0.05, 0) is 48.9 Å². The lowest BCUT2D eigenvalue weighted by Crippen LogP contribution is -2.42. The summed E-state index contributed by atoms with van der Waals surface area (Å²) in [5.41, 5.74) is 1.91. The molecule has 1 saturated heterocycles. The van der Waals surface area contributed by atoms with E-state index < -0.39 is 0 Å². The van der Waals surface area contributed by atoms with Crippen LogP contribution < -0.4 is 0 Å². The van der Waals surface area contributed by atoms with Gasteiger partial charge in [0.25, 0.3) is 5.91 Å². The lowest BCUT2D eigenvalue weighted by atomic mass is 9.88. The van der Waals surface area contributed by atoms with Crippen molar-refractivity contribution in [1.29, 1.82) is 0 Å². The summed E-state index contributed by atoms with van der Waals surface area (Å²) in [6.45, 7) is 8.29. The van der Waals surface area contributed by atoms with Gasteiger partial charge < -0.3 is 4.90 Å². The Hall–Kier alpha value is -0.830. The molecule has 1 heterocycles. The Bertz CT molecular complexity index is 438. The smallest absolute Gasteiger partial charge is 0.253 e. The zero-order valence-corrected chi connectivity index (χ0v) is 12.8. The maximum atomic E-state index is 12.5. The van der Waals surface area contributed by atoms with Crippen molar-refractivity contribution in [2.24, 2.45) is 11.8 Å². The van der Waals surface area contributed by atoms with Gasteiger partial charge in [-0.1, -0.05) is 29.8 Å². The molecule has 1 amide bonds. The standard InChI is InChI=1S/C15H20BrNO/c1-10-6-13(8-14(16)7-10)15(18)17-5-4-11(2)12(3)9-17/h6-8,11-12H,4-5,9H2,1-3H3. The van der Waals surface area contributed by atoms with Crippen LogP contribution in [0.2, 0.25) is 0 Å². The molecule has 3 heteroatoms. The monoisotopic (exact) mass is 309 g/mol. The Labute approximate surface area is 117 Å². The lowest BCUT2D eigenvalue weighted by Gasteiger charge is -2.35. The van der Waals surface area contributed by atoms with Crippen LogP contribution in [-0.4, -0.2) is 23.9 Å². The lowest BCUT2D eigenvalue weighted by molar-refractivity contribution is 0.0627. The van der Waals surface area contributed by atoms with Gasteiger partial charge in [0.05, 0.1) is 0 Å². The molecule has 0 N–H and O–H groups in total. The van der Waals surface area contributed by atoms with Crippen LogP contribution in [0.5, 0.6) is 0 Å². The van der Waals surface area contributed by atoms with E-state index in [1.165, 1.54) is 0 Å². The summed E-state index contributed by atoms with van der Waals surface area (Å²) in [7, 11) is 0. The highest BCUT2D eigenvalue weighted by Gasteiger charge is 2.26. The molecule has 2 nitrogen and oxygen atoms in total. The molecule has 2 rings (SSSR count). The maximum absolute atomic E-state index is 12.5. The highest BCUT2D eigenvalue weighted by molar-refractivity contribution is 9.10. The molecule has 0 bridgehead atoms. The van der Waals surface area contributed by atoms with Crippen molar-refractivity contribution in [2.75, 3.05) is 13.1 Å². The quantitative estimate of drug-likeness (QED) is 0.771. The van der Waals surface area contributed by atoms with Gasteiger partial charge in [-0.3, -0.25) is 4.79 Å². The highest BCUT2D eigenvalue weighted by Crippen LogP contribution is 2.24. The Balaban J connectivity index is 2.16. The van der Waals surface area contributed by atoms with Gasteiger partial charge in [0.1, 0.15) is 0 Å². The Morgan fingerprint density at radius 2 is 2.00 bits per heavy atom. The molecule has 1 aromatic carbocycles. The summed E-state index contributed by atoms with van der Waals surface area (Å²) in [6, 6.07) is 5.91. The molecule has 0 aromatic heterocycles. The Kier molecular flexibility index (Phi) is 4.10. The second-order valence-electron chi connectivity index (χ2n) is 5.51. The molecule has 98 valence electrons. The van der Waals surface area contributed by atoms with Crippen LogP contribution in [0.1, 0.15) is 36.2 Å². The molecule has 2 unspecified atom stereocenters. The second-order valence-corrected chi connectivity index (χ2v) is 6.43. The molecule has 1 aromatic rings. The molecule has 2 atom stereocenters. The first-order valence-corrected chi connectivity index (χ1v) is 7.33. The van der Waals surface area contributed by atoms with Gasteiger partial charge in [0, 0.05) is 23.1 Å². The van der Waals surface area contributed by atoms with Crippen LogP contribution in [-0.2, 0) is 0 Å². The van der Waals surface area contributed by atoms with E-state index in [9.17, 15) is 4.79 Å². The van der Waals surface area contributed by atoms with Crippen molar-refractivity contribution in [3.8, 4) is 0 Å². The van der Waals surface area contributed by atoms with Crippen LogP contribution in [0.3, 0.4) is 0 Å². The molecular weight excluding hydrogens is 290 g/mol. The number of halogens is 1. The predicted octanol–water partition coefficient (Wildman–Crippen LogP) is 3.88. The average Bonchev–Trinajstić information content (AvgIpc) is 2.30. The van der Waals surface area contributed by atoms with Crippen molar-refractivity contribution in [3.63, 3.8) is 0 Å². The molecule has 1 aliphatic heterocycles. The number of rotatable bonds is 1. The first-order valence-electron chi connectivity index (χ1n) is 6.54. The summed E-state index contributed by atoms with van der Waals surface area (Å²) in [6.07, 6.45) is 1.11. The van der Waals surface area contributed by atoms with E-state index in [1.54, 1.807) is 0 Å².